The minimum Gasteiger partial charge on any atom is -0.368 e. The van der Waals surface area contributed by atoms with E-state index in [1.54, 1.807) is 12.1 Å². The van der Waals surface area contributed by atoms with E-state index in [0.29, 0.717) is 10.8 Å². The first-order chi connectivity index (χ1) is 13.0. The molecule has 0 aliphatic rings. The molecule has 0 saturated heterocycles. The van der Waals surface area contributed by atoms with Gasteiger partial charge in [-0.25, -0.2) is 18.1 Å². The fourth-order valence-electron chi connectivity index (χ4n) is 2.43. The van der Waals surface area contributed by atoms with Gasteiger partial charge in [-0.3, -0.25) is 0 Å². The second kappa shape index (κ2) is 6.61. The predicted molar refractivity (Wildman–Crippen MR) is 105 cm³/mol. The molecular formula is C16H15N7O2S2. The molecular weight excluding hydrogens is 386 g/mol. The predicted octanol–water partition coefficient (Wildman–Crippen LogP) is 2.11. The fourth-order valence-corrected chi connectivity index (χ4v) is 4.09. The van der Waals surface area contributed by atoms with Crippen LogP contribution in [0.1, 0.15) is 0 Å². The van der Waals surface area contributed by atoms with Crippen LogP contribution in [0, 0.1) is 0 Å². The van der Waals surface area contributed by atoms with E-state index in [4.69, 9.17) is 5.73 Å². The van der Waals surface area contributed by atoms with Gasteiger partial charge in [0.1, 0.15) is 0 Å². The van der Waals surface area contributed by atoms with E-state index in [2.05, 4.69) is 25.1 Å². The molecule has 0 fully saturated rings. The van der Waals surface area contributed by atoms with Gasteiger partial charge in [0.25, 0.3) is 0 Å². The van der Waals surface area contributed by atoms with E-state index in [9.17, 15) is 8.42 Å². The van der Waals surface area contributed by atoms with Gasteiger partial charge in [0, 0.05) is 5.69 Å². The van der Waals surface area contributed by atoms with Crippen LogP contribution in [0.25, 0.3) is 15.3 Å². The Hall–Kier alpha value is -3.02. The van der Waals surface area contributed by atoms with Crippen LogP contribution in [0.4, 0.5) is 17.6 Å². The quantitative estimate of drug-likeness (QED) is 0.467. The van der Waals surface area contributed by atoms with Crippen molar-refractivity contribution >= 4 is 49.2 Å². The number of anilines is 3. The number of hydrogen-bond donors (Lipinski definition) is 3. The summed E-state index contributed by atoms with van der Waals surface area (Å²) in [6, 6.07) is 14.0. The zero-order chi connectivity index (χ0) is 19.0. The number of rotatable bonds is 5. The molecule has 0 spiro atoms. The van der Waals surface area contributed by atoms with E-state index in [1.165, 1.54) is 35.2 Å². The van der Waals surface area contributed by atoms with Crippen LogP contribution in [0.15, 0.2) is 53.4 Å². The van der Waals surface area contributed by atoms with Gasteiger partial charge in [-0.15, -0.1) is 5.10 Å². The molecule has 9 nitrogen and oxygen atoms in total. The molecule has 27 heavy (non-hydrogen) atoms. The van der Waals surface area contributed by atoms with E-state index in [0.717, 1.165) is 10.2 Å². The number of nitrogen functional groups attached to an aromatic ring is 1. The lowest BCUT2D eigenvalue weighted by Crippen LogP contribution is -2.18. The Morgan fingerprint density at radius 1 is 1.07 bits per heavy atom. The Bertz CT molecular complexity index is 1180. The summed E-state index contributed by atoms with van der Waals surface area (Å²) in [6.45, 7) is 0. The van der Waals surface area contributed by atoms with Gasteiger partial charge in [0.05, 0.1) is 15.1 Å². The highest BCUT2D eigenvalue weighted by atomic mass is 32.2. The van der Waals surface area contributed by atoms with Crippen molar-refractivity contribution in [3.63, 3.8) is 0 Å². The van der Waals surface area contributed by atoms with Gasteiger partial charge in [-0.05, 0) is 43.4 Å². The minimum atomic E-state index is -3.48. The third-order valence-electron chi connectivity index (χ3n) is 3.79. The highest BCUT2D eigenvalue weighted by Crippen LogP contribution is 2.26. The summed E-state index contributed by atoms with van der Waals surface area (Å²) in [4.78, 5) is 8.87. The summed E-state index contributed by atoms with van der Waals surface area (Å²) in [5, 5.41) is 7.96. The second-order valence-electron chi connectivity index (χ2n) is 5.53. The Labute approximate surface area is 158 Å². The molecule has 2 heterocycles. The van der Waals surface area contributed by atoms with E-state index >= 15 is 0 Å². The molecule has 11 heteroatoms. The molecule has 0 radical (unpaired) electrons. The van der Waals surface area contributed by atoms with Crippen LogP contribution in [0.2, 0.25) is 0 Å². The third kappa shape index (κ3) is 3.35. The van der Waals surface area contributed by atoms with Gasteiger partial charge < -0.3 is 11.1 Å². The summed E-state index contributed by atoms with van der Waals surface area (Å²) in [5.74, 6) is 0.488. The van der Waals surface area contributed by atoms with Crippen LogP contribution >= 0.6 is 11.3 Å². The van der Waals surface area contributed by atoms with Crippen molar-refractivity contribution in [3.8, 4) is 5.13 Å². The van der Waals surface area contributed by atoms with Gasteiger partial charge in [0.2, 0.25) is 27.1 Å². The fraction of sp³-hybridized carbons (Fsp3) is 0.0625. The Kier molecular flexibility index (Phi) is 4.26. The number of nitrogens with two attached hydrogens (primary N) is 1. The molecule has 4 aromatic rings. The largest absolute Gasteiger partial charge is 0.368 e. The Balaban J connectivity index is 1.60. The summed E-state index contributed by atoms with van der Waals surface area (Å²) in [5.41, 5.74) is 7.47. The van der Waals surface area contributed by atoms with E-state index < -0.39 is 10.0 Å². The summed E-state index contributed by atoms with van der Waals surface area (Å²) in [7, 11) is -2.12. The molecule has 0 aliphatic carbocycles. The second-order valence-corrected chi connectivity index (χ2v) is 8.42. The zero-order valence-electron chi connectivity index (χ0n) is 14.1. The number of nitrogens with one attached hydrogen (secondary N) is 2. The van der Waals surface area contributed by atoms with Crippen molar-refractivity contribution in [2.75, 3.05) is 18.1 Å². The average molecular weight is 401 g/mol. The van der Waals surface area contributed by atoms with Crippen molar-refractivity contribution in [2.45, 2.75) is 4.90 Å². The maximum absolute atomic E-state index is 11.8. The lowest BCUT2D eigenvalue weighted by Gasteiger charge is -2.04. The number of thiazole rings is 1. The van der Waals surface area contributed by atoms with Gasteiger partial charge in [0.15, 0.2) is 0 Å². The van der Waals surface area contributed by atoms with Crippen LogP contribution in [-0.2, 0) is 10.0 Å². The lowest BCUT2D eigenvalue weighted by molar-refractivity contribution is 0.588. The first-order valence-electron chi connectivity index (χ1n) is 7.85. The number of para-hydroxylation sites is 1. The van der Waals surface area contributed by atoms with E-state index in [1.807, 2.05) is 24.3 Å². The number of aromatic nitrogens is 4. The van der Waals surface area contributed by atoms with E-state index in [-0.39, 0.29) is 16.8 Å². The van der Waals surface area contributed by atoms with Crippen molar-refractivity contribution in [1.29, 1.82) is 0 Å². The minimum absolute atomic E-state index is 0.169. The maximum atomic E-state index is 11.8. The Morgan fingerprint density at radius 3 is 2.52 bits per heavy atom. The zero-order valence-corrected chi connectivity index (χ0v) is 15.8. The number of sulfonamides is 1. The molecule has 0 bridgehead atoms. The molecule has 4 rings (SSSR count). The molecule has 0 aliphatic heterocycles. The first kappa shape index (κ1) is 17.4. The Morgan fingerprint density at radius 2 is 1.81 bits per heavy atom. The molecule has 0 unspecified atom stereocenters. The molecule has 0 saturated carbocycles. The van der Waals surface area contributed by atoms with Crippen molar-refractivity contribution in [1.82, 2.24) is 24.5 Å². The highest BCUT2D eigenvalue weighted by molar-refractivity contribution is 7.89. The molecule has 2 aromatic heterocycles. The monoisotopic (exact) mass is 401 g/mol. The molecule has 2 aromatic carbocycles. The lowest BCUT2D eigenvalue weighted by atomic mass is 10.3. The van der Waals surface area contributed by atoms with Crippen molar-refractivity contribution < 1.29 is 8.42 Å². The summed E-state index contributed by atoms with van der Waals surface area (Å²) >= 11 is 1.46. The van der Waals surface area contributed by atoms with Gasteiger partial charge in [-0.1, -0.05) is 23.5 Å². The normalized spacial score (nSPS) is 11.7. The van der Waals surface area contributed by atoms with Crippen LogP contribution < -0.4 is 15.8 Å². The number of nitrogens with zero attached hydrogens (tertiary/aromatic N) is 4. The number of hydrogen-bond acceptors (Lipinski definition) is 8. The topological polar surface area (TPSA) is 128 Å². The van der Waals surface area contributed by atoms with Crippen molar-refractivity contribution in [2.24, 2.45) is 0 Å². The van der Waals surface area contributed by atoms with Crippen LogP contribution in [-0.4, -0.2) is 35.2 Å². The first-order valence-corrected chi connectivity index (χ1v) is 10.2. The van der Waals surface area contributed by atoms with Crippen LogP contribution in [0.5, 0.6) is 0 Å². The van der Waals surface area contributed by atoms with Crippen molar-refractivity contribution in [3.05, 3.63) is 48.5 Å². The average Bonchev–Trinajstić information content (AvgIpc) is 3.25. The molecule has 4 N–H and O–H groups in total. The summed E-state index contributed by atoms with van der Waals surface area (Å²) in [6.07, 6.45) is 0. The molecule has 0 atom stereocenters. The SMILES string of the molecule is CNS(=O)(=O)c1ccc(Nc2nc(N)n(-c3nc4ccccc4s3)n2)cc1. The van der Waals surface area contributed by atoms with Gasteiger partial charge >= 0.3 is 0 Å². The number of fused-ring (bicyclic) bond motifs is 1. The standard InChI is InChI=1S/C16H15N7O2S2/c1-18-27(24,25)11-8-6-10(7-9-11)19-15-21-14(17)23(22-15)16-20-12-4-2-3-5-13(12)26-16/h2-9,18H,1H3,(H3,17,19,21,22). The summed E-state index contributed by atoms with van der Waals surface area (Å²) < 4.78 is 28.3. The smallest absolute Gasteiger partial charge is 0.248 e. The maximum Gasteiger partial charge on any atom is 0.248 e. The highest BCUT2D eigenvalue weighted by Gasteiger charge is 2.14. The third-order valence-corrected chi connectivity index (χ3v) is 6.23. The molecule has 138 valence electrons. The van der Waals surface area contributed by atoms with Gasteiger partial charge in [-0.2, -0.15) is 9.67 Å². The molecule has 0 amide bonds. The number of benzene rings is 2. The van der Waals surface area contributed by atoms with Crippen LogP contribution in [0.3, 0.4) is 0 Å².